The van der Waals surface area contributed by atoms with Crippen LogP contribution in [0.25, 0.3) is 0 Å². The van der Waals surface area contributed by atoms with E-state index in [0.717, 1.165) is 30.1 Å². The third-order valence-electron chi connectivity index (χ3n) is 5.23. The van der Waals surface area contributed by atoms with E-state index in [4.69, 9.17) is 4.74 Å². The van der Waals surface area contributed by atoms with Gasteiger partial charge in [0.1, 0.15) is 6.61 Å². The monoisotopic (exact) mass is 380 g/mol. The average molecular weight is 381 g/mol. The Morgan fingerprint density at radius 1 is 1.18 bits per heavy atom. The second-order valence-electron chi connectivity index (χ2n) is 9.04. The molecule has 2 aromatic carbocycles. The highest BCUT2D eigenvalue weighted by Gasteiger charge is 2.33. The Bertz CT molecular complexity index is 822. The van der Waals surface area contributed by atoms with Crippen LogP contribution in [0.1, 0.15) is 57.0 Å². The molecule has 0 fully saturated rings. The summed E-state index contributed by atoms with van der Waals surface area (Å²) in [4.78, 5) is 13.2. The molecule has 0 bridgehead atoms. The van der Waals surface area contributed by atoms with Crippen molar-refractivity contribution in [1.29, 1.82) is 0 Å². The number of carbonyl (C=O) groups is 1. The molecule has 1 aliphatic rings. The predicted octanol–water partition coefficient (Wildman–Crippen LogP) is 5.59. The number of benzene rings is 2. The summed E-state index contributed by atoms with van der Waals surface area (Å²) < 4.78 is 6.20. The Hall–Kier alpha value is -2.49. The number of fused-ring (bicyclic) bond motifs is 1. The van der Waals surface area contributed by atoms with E-state index in [0.29, 0.717) is 23.7 Å². The van der Waals surface area contributed by atoms with E-state index in [1.165, 1.54) is 0 Å². The molecule has 1 aliphatic heterocycles. The quantitative estimate of drug-likeness (QED) is 0.641. The zero-order valence-electron chi connectivity index (χ0n) is 17.6. The molecule has 0 amide bonds. The van der Waals surface area contributed by atoms with Gasteiger partial charge in [-0.3, -0.25) is 4.79 Å². The number of hydrogen-bond acceptors (Lipinski definition) is 4. The number of nitrogens with one attached hydrogen (secondary N) is 2. The number of hydrogen-bond donors (Lipinski definition) is 2. The highest BCUT2D eigenvalue weighted by Crippen LogP contribution is 2.42. The van der Waals surface area contributed by atoms with Gasteiger partial charge < -0.3 is 15.4 Å². The van der Waals surface area contributed by atoms with Gasteiger partial charge >= 0.3 is 0 Å². The number of ether oxygens (including phenoxy) is 1. The zero-order chi connectivity index (χ0) is 20.3. The highest BCUT2D eigenvalue weighted by molar-refractivity contribution is 6.13. The van der Waals surface area contributed by atoms with Crippen molar-refractivity contribution in [2.75, 3.05) is 23.8 Å². The van der Waals surface area contributed by atoms with Gasteiger partial charge in [-0.15, -0.1) is 0 Å². The first kappa shape index (κ1) is 20.2. The van der Waals surface area contributed by atoms with Crippen LogP contribution in [0.5, 0.6) is 5.75 Å². The molecule has 0 saturated heterocycles. The van der Waals surface area contributed by atoms with Gasteiger partial charge in [0.05, 0.1) is 17.4 Å². The minimum absolute atomic E-state index is 0.0104. The van der Waals surface area contributed by atoms with Gasteiger partial charge in [0.25, 0.3) is 0 Å². The molecule has 2 N–H and O–H groups in total. The van der Waals surface area contributed by atoms with E-state index in [2.05, 4.69) is 45.3 Å². The minimum Gasteiger partial charge on any atom is -0.487 e. The van der Waals surface area contributed by atoms with E-state index >= 15 is 0 Å². The van der Waals surface area contributed by atoms with E-state index < -0.39 is 0 Å². The van der Waals surface area contributed by atoms with Crippen molar-refractivity contribution in [1.82, 2.24) is 0 Å². The summed E-state index contributed by atoms with van der Waals surface area (Å²) in [6.45, 7) is 12.4. The number of anilines is 2. The average Bonchev–Trinajstić information content (AvgIpc) is 2.67. The van der Waals surface area contributed by atoms with Gasteiger partial charge in [0.15, 0.2) is 11.5 Å². The largest absolute Gasteiger partial charge is 0.487 e. The first-order valence-electron chi connectivity index (χ1n) is 10.2. The third-order valence-corrected chi connectivity index (χ3v) is 5.23. The molecule has 2 aromatic rings. The summed E-state index contributed by atoms with van der Waals surface area (Å²) in [5, 5.41) is 7.10. The molecule has 28 heavy (non-hydrogen) atoms. The Labute approximate surface area is 168 Å². The van der Waals surface area contributed by atoms with Crippen molar-refractivity contribution >= 4 is 17.2 Å². The minimum atomic E-state index is 0.0104. The van der Waals surface area contributed by atoms with Crippen LogP contribution in [0.4, 0.5) is 11.4 Å². The van der Waals surface area contributed by atoms with Crippen LogP contribution in [-0.4, -0.2) is 25.0 Å². The van der Waals surface area contributed by atoms with Gasteiger partial charge in [0.2, 0.25) is 0 Å². The van der Waals surface area contributed by atoms with Crippen LogP contribution in [-0.2, 0) is 0 Å². The molecule has 1 atom stereocenters. The maximum Gasteiger partial charge on any atom is 0.195 e. The van der Waals surface area contributed by atoms with Gasteiger partial charge in [-0.25, -0.2) is 0 Å². The molecule has 3 rings (SSSR count). The number of carbonyl (C=O) groups excluding carboxylic acids is 1. The maximum absolute atomic E-state index is 13.2. The summed E-state index contributed by atoms with van der Waals surface area (Å²) in [6, 6.07) is 13.4. The lowest BCUT2D eigenvalue weighted by atomic mass is 9.86. The van der Waals surface area contributed by atoms with Crippen LogP contribution in [0.3, 0.4) is 0 Å². The molecule has 1 heterocycles. The second-order valence-corrected chi connectivity index (χ2v) is 9.04. The first-order chi connectivity index (χ1) is 13.3. The molecule has 0 spiro atoms. The molecule has 0 saturated carbocycles. The van der Waals surface area contributed by atoms with Crippen molar-refractivity contribution in [2.45, 2.75) is 47.1 Å². The van der Waals surface area contributed by atoms with Crippen molar-refractivity contribution in [3.63, 3.8) is 0 Å². The highest BCUT2D eigenvalue weighted by atomic mass is 16.5. The maximum atomic E-state index is 13.2. The van der Waals surface area contributed by atoms with Gasteiger partial charge in [-0.2, -0.15) is 0 Å². The van der Waals surface area contributed by atoms with Crippen LogP contribution < -0.4 is 15.4 Å². The molecule has 0 aromatic heterocycles. The summed E-state index contributed by atoms with van der Waals surface area (Å²) in [7, 11) is 0. The van der Waals surface area contributed by atoms with Crippen LogP contribution in [0.15, 0.2) is 42.5 Å². The van der Waals surface area contributed by atoms with Crippen molar-refractivity contribution in [3.8, 4) is 5.75 Å². The Morgan fingerprint density at radius 2 is 1.89 bits per heavy atom. The summed E-state index contributed by atoms with van der Waals surface area (Å²) in [5.41, 5.74) is 3.11. The van der Waals surface area contributed by atoms with Crippen LogP contribution in [0.2, 0.25) is 0 Å². The smallest absolute Gasteiger partial charge is 0.195 e. The molecule has 4 nitrogen and oxygen atoms in total. The standard InChI is InChI=1S/C24H32N2O2/c1-16(2)13-14-25-19-12-11-18(22(27)17-9-7-6-8-10-17)21-23(19)28-15-20(26-21)24(3,4)5/h6-12,16,20,25-26H,13-15H2,1-5H3/t20-/m1/s1. The molecule has 150 valence electrons. The summed E-state index contributed by atoms with van der Waals surface area (Å²) in [6.07, 6.45) is 1.08. The summed E-state index contributed by atoms with van der Waals surface area (Å²) >= 11 is 0. The number of ketones is 1. The fourth-order valence-corrected chi connectivity index (χ4v) is 3.29. The topological polar surface area (TPSA) is 50.4 Å². The SMILES string of the molecule is CC(C)CCNc1ccc(C(=O)c2ccccc2)c2c1OC[C@H](C(C)(C)C)N2. The Kier molecular flexibility index (Phi) is 5.97. The van der Waals surface area contributed by atoms with Gasteiger partial charge in [-0.1, -0.05) is 65.0 Å². The molecule has 4 heteroatoms. The molecule has 0 unspecified atom stereocenters. The van der Waals surface area contributed by atoms with Crippen molar-refractivity contribution in [3.05, 3.63) is 53.6 Å². The second kappa shape index (κ2) is 8.26. The van der Waals surface area contributed by atoms with E-state index in [1.807, 2.05) is 42.5 Å². The summed E-state index contributed by atoms with van der Waals surface area (Å²) in [5.74, 6) is 1.40. The van der Waals surface area contributed by atoms with E-state index in [-0.39, 0.29) is 17.2 Å². The first-order valence-corrected chi connectivity index (χ1v) is 10.2. The molecule has 0 radical (unpaired) electrons. The van der Waals surface area contributed by atoms with E-state index in [1.54, 1.807) is 0 Å². The zero-order valence-corrected chi connectivity index (χ0v) is 17.6. The van der Waals surface area contributed by atoms with Crippen molar-refractivity contribution in [2.24, 2.45) is 11.3 Å². The molecule has 0 aliphatic carbocycles. The lowest BCUT2D eigenvalue weighted by molar-refractivity contribution is 0.103. The predicted molar refractivity (Wildman–Crippen MR) is 117 cm³/mol. The van der Waals surface area contributed by atoms with Crippen molar-refractivity contribution < 1.29 is 9.53 Å². The van der Waals surface area contributed by atoms with Crippen LogP contribution in [0, 0.1) is 11.3 Å². The fraction of sp³-hybridized carbons (Fsp3) is 0.458. The Morgan fingerprint density at radius 3 is 2.54 bits per heavy atom. The van der Waals surface area contributed by atoms with E-state index in [9.17, 15) is 4.79 Å². The normalized spacial score (nSPS) is 16.1. The molecular weight excluding hydrogens is 348 g/mol. The molecular formula is C24H32N2O2. The lowest BCUT2D eigenvalue weighted by Crippen LogP contribution is -2.42. The lowest BCUT2D eigenvalue weighted by Gasteiger charge is -2.37. The Balaban J connectivity index is 1.98. The number of rotatable bonds is 6. The van der Waals surface area contributed by atoms with Gasteiger partial charge in [-0.05, 0) is 29.9 Å². The van der Waals surface area contributed by atoms with Gasteiger partial charge in [0, 0.05) is 17.7 Å². The third kappa shape index (κ3) is 4.49. The fourth-order valence-electron chi connectivity index (χ4n) is 3.29. The van der Waals surface area contributed by atoms with Crippen LogP contribution >= 0.6 is 0 Å².